The number of sulfonamides is 1. The zero-order valence-electron chi connectivity index (χ0n) is 10.2. The summed E-state index contributed by atoms with van der Waals surface area (Å²) in [6.07, 6.45) is 4.10. The zero-order valence-corrected chi connectivity index (χ0v) is 11.0. The molecule has 0 radical (unpaired) electrons. The Kier molecular flexibility index (Phi) is 3.96. The number of nitrogens with two attached hydrogens (primary N) is 1. The lowest BCUT2D eigenvalue weighted by Crippen LogP contribution is -2.35. The Morgan fingerprint density at radius 2 is 1.95 bits per heavy atom. The van der Waals surface area contributed by atoms with Crippen LogP contribution in [0.4, 0.5) is 5.95 Å². The second-order valence-corrected chi connectivity index (χ2v) is 6.01. The normalized spacial score (nSPS) is 15.2. The van der Waals surface area contributed by atoms with Gasteiger partial charge < -0.3 is 11.1 Å². The minimum absolute atomic E-state index is 0.00986. The van der Waals surface area contributed by atoms with E-state index in [1.165, 1.54) is 0 Å². The van der Waals surface area contributed by atoms with Crippen LogP contribution in [0.1, 0.15) is 12.8 Å². The van der Waals surface area contributed by atoms with Crippen LogP contribution < -0.4 is 15.8 Å². The van der Waals surface area contributed by atoms with Crippen LogP contribution in [-0.4, -0.2) is 37.4 Å². The van der Waals surface area contributed by atoms with Gasteiger partial charge in [0.2, 0.25) is 21.9 Å². The number of anilines is 1. The molecule has 1 aliphatic rings. The van der Waals surface area contributed by atoms with E-state index in [0.717, 1.165) is 25.2 Å². The largest absolute Gasteiger partial charge is 0.368 e. The van der Waals surface area contributed by atoms with Crippen molar-refractivity contribution in [3.8, 4) is 0 Å². The van der Waals surface area contributed by atoms with E-state index < -0.39 is 10.0 Å². The summed E-state index contributed by atoms with van der Waals surface area (Å²) >= 11 is 0. The summed E-state index contributed by atoms with van der Waals surface area (Å²) in [6.45, 7) is 0.371. The smallest absolute Gasteiger partial charge is 0.243 e. The second-order valence-electron chi connectivity index (χ2n) is 4.24. The first-order valence-electron chi connectivity index (χ1n) is 5.84. The molecule has 1 fully saturated rings. The molecule has 1 amide bonds. The van der Waals surface area contributed by atoms with Crippen LogP contribution in [0.2, 0.25) is 0 Å². The molecule has 1 aliphatic carbocycles. The Bertz CT molecular complexity index is 553. The van der Waals surface area contributed by atoms with Crippen molar-refractivity contribution in [3.63, 3.8) is 0 Å². The lowest BCUT2D eigenvalue weighted by Gasteiger charge is -2.07. The number of hydrogen-bond acceptors (Lipinski definition) is 6. The topological polar surface area (TPSA) is 127 Å². The molecule has 0 bridgehead atoms. The quantitative estimate of drug-likeness (QED) is 0.567. The molecule has 0 atom stereocenters. The maximum absolute atomic E-state index is 11.8. The highest BCUT2D eigenvalue weighted by atomic mass is 32.2. The Labute approximate surface area is 110 Å². The van der Waals surface area contributed by atoms with Gasteiger partial charge in [-0.05, 0) is 12.8 Å². The molecule has 2 rings (SSSR count). The molecule has 1 saturated carbocycles. The van der Waals surface area contributed by atoms with E-state index in [4.69, 9.17) is 5.73 Å². The summed E-state index contributed by atoms with van der Waals surface area (Å²) in [5, 5.41) is 2.66. The summed E-state index contributed by atoms with van der Waals surface area (Å²) in [5.74, 6) is 0.104. The first kappa shape index (κ1) is 13.7. The maximum atomic E-state index is 11.8. The standard InChI is InChI=1S/C10H15N5O3S/c11-10-13-5-8(6-14-10)19(17,18)15-4-3-12-9(16)7-1-2-7/h5-7,15H,1-4H2,(H,12,16)(H2,11,13,14). The predicted molar refractivity (Wildman–Crippen MR) is 67.4 cm³/mol. The fraction of sp³-hybridized carbons (Fsp3) is 0.500. The number of carbonyl (C=O) groups is 1. The van der Waals surface area contributed by atoms with Gasteiger partial charge in [0, 0.05) is 19.0 Å². The first-order chi connectivity index (χ1) is 8.99. The van der Waals surface area contributed by atoms with Gasteiger partial charge in [-0.2, -0.15) is 0 Å². The molecular weight excluding hydrogens is 270 g/mol. The highest BCUT2D eigenvalue weighted by molar-refractivity contribution is 7.89. The zero-order chi connectivity index (χ0) is 13.9. The molecular formula is C10H15N5O3S. The summed E-state index contributed by atoms with van der Waals surface area (Å²) in [5.41, 5.74) is 5.27. The summed E-state index contributed by atoms with van der Waals surface area (Å²) in [6, 6.07) is 0. The van der Waals surface area contributed by atoms with Crippen LogP contribution in [0.3, 0.4) is 0 Å². The van der Waals surface area contributed by atoms with Crippen LogP contribution in [0.15, 0.2) is 17.3 Å². The highest BCUT2D eigenvalue weighted by Gasteiger charge is 2.29. The monoisotopic (exact) mass is 285 g/mol. The third kappa shape index (κ3) is 3.86. The molecule has 4 N–H and O–H groups in total. The van der Waals surface area contributed by atoms with E-state index in [2.05, 4.69) is 20.0 Å². The van der Waals surface area contributed by atoms with Gasteiger partial charge in [0.15, 0.2) is 0 Å². The van der Waals surface area contributed by atoms with E-state index in [0.29, 0.717) is 0 Å². The third-order valence-corrected chi connectivity index (χ3v) is 4.04. The Morgan fingerprint density at radius 3 is 2.53 bits per heavy atom. The van der Waals surface area contributed by atoms with Crippen molar-refractivity contribution in [3.05, 3.63) is 12.4 Å². The number of nitrogen functional groups attached to an aromatic ring is 1. The van der Waals surface area contributed by atoms with Crippen LogP contribution in [0, 0.1) is 5.92 Å². The maximum Gasteiger partial charge on any atom is 0.243 e. The number of nitrogens with one attached hydrogen (secondary N) is 2. The Balaban J connectivity index is 1.80. The SMILES string of the molecule is Nc1ncc(S(=O)(=O)NCCNC(=O)C2CC2)cn1. The van der Waals surface area contributed by atoms with Gasteiger partial charge >= 0.3 is 0 Å². The van der Waals surface area contributed by atoms with E-state index in [9.17, 15) is 13.2 Å². The molecule has 1 aromatic rings. The molecule has 1 aromatic heterocycles. The number of carbonyl (C=O) groups excluding carboxylic acids is 1. The minimum atomic E-state index is -3.66. The molecule has 8 nitrogen and oxygen atoms in total. The molecule has 0 aromatic carbocycles. The molecule has 1 heterocycles. The van der Waals surface area contributed by atoms with Gasteiger partial charge in [-0.25, -0.2) is 23.1 Å². The number of hydrogen-bond donors (Lipinski definition) is 3. The van der Waals surface area contributed by atoms with Gasteiger partial charge in [0.1, 0.15) is 4.90 Å². The van der Waals surface area contributed by atoms with Gasteiger partial charge in [0.25, 0.3) is 0 Å². The average molecular weight is 285 g/mol. The summed E-state index contributed by atoms with van der Waals surface area (Å²) in [4.78, 5) is 18.5. The number of nitrogens with zero attached hydrogens (tertiary/aromatic N) is 2. The van der Waals surface area contributed by atoms with Crippen molar-refractivity contribution in [2.75, 3.05) is 18.8 Å². The molecule has 0 spiro atoms. The molecule has 104 valence electrons. The summed E-state index contributed by atoms with van der Waals surface area (Å²) < 4.78 is 25.9. The molecule has 19 heavy (non-hydrogen) atoms. The van der Waals surface area contributed by atoms with E-state index in [1.54, 1.807) is 0 Å². The average Bonchev–Trinajstić information content (AvgIpc) is 3.19. The minimum Gasteiger partial charge on any atom is -0.368 e. The van der Waals surface area contributed by atoms with Crippen LogP contribution in [-0.2, 0) is 14.8 Å². The molecule has 9 heteroatoms. The van der Waals surface area contributed by atoms with Gasteiger partial charge in [-0.15, -0.1) is 0 Å². The van der Waals surface area contributed by atoms with Crippen LogP contribution in [0.5, 0.6) is 0 Å². The fourth-order valence-corrected chi connectivity index (χ4v) is 2.33. The predicted octanol–water partition coefficient (Wildman–Crippen LogP) is -1.14. The highest BCUT2D eigenvalue weighted by Crippen LogP contribution is 2.28. The van der Waals surface area contributed by atoms with E-state index >= 15 is 0 Å². The van der Waals surface area contributed by atoms with Crippen molar-refractivity contribution >= 4 is 21.9 Å². The van der Waals surface area contributed by atoms with E-state index in [-0.39, 0.29) is 35.8 Å². The first-order valence-corrected chi connectivity index (χ1v) is 7.32. The van der Waals surface area contributed by atoms with E-state index in [1.807, 2.05) is 0 Å². The second kappa shape index (κ2) is 5.49. The Morgan fingerprint density at radius 1 is 1.32 bits per heavy atom. The summed E-state index contributed by atoms with van der Waals surface area (Å²) in [7, 11) is -3.66. The fourth-order valence-electron chi connectivity index (χ4n) is 1.41. The lowest BCUT2D eigenvalue weighted by atomic mass is 10.4. The van der Waals surface area contributed by atoms with Crippen molar-refractivity contribution < 1.29 is 13.2 Å². The van der Waals surface area contributed by atoms with Crippen molar-refractivity contribution in [1.82, 2.24) is 20.0 Å². The Hall–Kier alpha value is -1.74. The van der Waals surface area contributed by atoms with Crippen LogP contribution >= 0.6 is 0 Å². The van der Waals surface area contributed by atoms with Gasteiger partial charge in [-0.1, -0.05) is 0 Å². The lowest BCUT2D eigenvalue weighted by molar-refractivity contribution is -0.122. The number of amides is 1. The molecule has 0 unspecified atom stereocenters. The number of rotatable bonds is 6. The van der Waals surface area contributed by atoms with Gasteiger partial charge in [-0.3, -0.25) is 4.79 Å². The molecule has 0 saturated heterocycles. The van der Waals surface area contributed by atoms with Gasteiger partial charge in [0.05, 0.1) is 12.4 Å². The molecule has 0 aliphatic heterocycles. The van der Waals surface area contributed by atoms with Crippen LogP contribution in [0.25, 0.3) is 0 Å². The van der Waals surface area contributed by atoms with Crippen molar-refractivity contribution in [2.45, 2.75) is 17.7 Å². The number of aromatic nitrogens is 2. The van der Waals surface area contributed by atoms with Crippen molar-refractivity contribution in [1.29, 1.82) is 0 Å². The third-order valence-electron chi connectivity index (χ3n) is 2.62. The van der Waals surface area contributed by atoms with Crippen molar-refractivity contribution in [2.24, 2.45) is 5.92 Å².